The molecule has 96 valence electrons. The second-order valence-corrected chi connectivity index (χ2v) is 4.34. The van der Waals surface area contributed by atoms with Crippen LogP contribution in [0.25, 0.3) is 0 Å². The zero-order chi connectivity index (χ0) is 12.6. The molecule has 0 aromatic carbocycles. The van der Waals surface area contributed by atoms with E-state index in [1.54, 1.807) is 0 Å². The molecular weight excluding hydrogens is 202 g/mol. The summed E-state index contributed by atoms with van der Waals surface area (Å²) >= 11 is 0. The minimum atomic E-state index is -0.0675. The lowest BCUT2D eigenvalue weighted by Gasteiger charge is -2.23. The van der Waals surface area contributed by atoms with Gasteiger partial charge < -0.3 is 15.1 Å². The first-order valence-electron chi connectivity index (χ1n) is 6.19. The molecule has 0 aliphatic carbocycles. The van der Waals surface area contributed by atoms with Crippen LogP contribution in [0.1, 0.15) is 27.2 Å². The molecule has 0 aliphatic rings. The summed E-state index contributed by atoms with van der Waals surface area (Å²) in [6, 6.07) is -0.0675. The predicted molar refractivity (Wildman–Crippen MR) is 68.6 cm³/mol. The lowest BCUT2D eigenvalue weighted by molar-refractivity contribution is -0.132. The zero-order valence-electron chi connectivity index (χ0n) is 11.4. The average Bonchev–Trinajstić information content (AvgIpc) is 2.25. The summed E-state index contributed by atoms with van der Waals surface area (Å²) in [5.74, 6) is 0.204. The molecule has 16 heavy (non-hydrogen) atoms. The average molecular weight is 229 g/mol. The third-order valence-electron chi connectivity index (χ3n) is 2.68. The number of carbonyl (C=O) groups excluding carboxylic acids is 1. The standard InChI is InChI=1S/C12H27N3O/c1-6-15(7-2)12(16)11(3)13-9-8-10-14(4)5/h11,13H,6-10H2,1-5H3. The van der Waals surface area contributed by atoms with Crippen LogP contribution in [0.15, 0.2) is 0 Å². The quantitative estimate of drug-likeness (QED) is 0.625. The van der Waals surface area contributed by atoms with Gasteiger partial charge in [-0.3, -0.25) is 4.79 Å². The monoisotopic (exact) mass is 229 g/mol. The first-order valence-corrected chi connectivity index (χ1v) is 6.19. The maximum atomic E-state index is 11.9. The Hall–Kier alpha value is -0.610. The highest BCUT2D eigenvalue weighted by Crippen LogP contribution is 1.95. The fraction of sp³-hybridized carbons (Fsp3) is 0.917. The van der Waals surface area contributed by atoms with Crippen molar-refractivity contribution in [3.63, 3.8) is 0 Å². The lowest BCUT2D eigenvalue weighted by Crippen LogP contribution is -2.45. The Balaban J connectivity index is 3.78. The maximum absolute atomic E-state index is 11.9. The fourth-order valence-corrected chi connectivity index (χ4v) is 1.61. The van der Waals surface area contributed by atoms with Crippen LogP contribution in [0.4, 0.5) is 0 Å². The number of hydrogen-bond donors (Lipinski definition) is 1. The van der Waals surface area contributed by atoms with Crippen LogP contribution in [0.5, 0.6) is 0 Å². The minimum Gasteiger partial charge on any atom is -0.342 e. The van der Waals surface area contributed by atoms with Gasteiger partial charge in [0.25, 0.3) is 0 Å². The molecule has 0 heterocycles. The molecule has 1 amide bonds. The second kappa shape index (κ2) is 8.53. The highest BCUT2D eigenvalue weighted by molar-refractivity contribution is 5.81. The van der Waals surface area contributed by atoms with Crippen LogP contribution >= 0.6 is 0 Å². The highest BCUT2D eigenvalue weighted by atomic mass is 16.2. The second-order valence-electron chi connectivity index (χ2n) is 4.34. The summed E-state index contributed by atoms with van der Waals surface area (Å²) in [7, 11) is 4.12. The first-order chi connectivity index (χ1) is 7.52. The topological polar surface area (TPSA) is 35.6 Å². The first kappa shape index (κ1) is 15.4. The van der Waals surface area contributed by atoms with Crippen LogP contribution in [-0.2, 0) is 4.79 Å². The largest absolute Gasteiger partial charge is 0.342 e. The van der Waals surface area contributed by atoms with Crippen molar-refractivity contribution in [2.75, 3.05) is 40.3 Å². The van der Waals surface area contributed by atoms with Gasteiger partial charge in [-0.2, -0.15) is 0 Å². The molecule has 4 heteroatoms. The third kappa shape index (κ3) is 6.08. The molecule has 0 bridgehead atoms. The number of likely N-dealkylation sites (N-methyl/N-ethyl adjacent to an activating group) is 1. The van der Waals surface area contributed by atoms with Gasteiger partial charge in [0, 0.05) is 13.1 Å². The van der Waals surface area contributed by atoms with Gasteiger partial charge in [-0.15, -0.1) is 0 Å². The van der Waals surface area contributed by atoms with E-state index in [2.05, 4.69) is 24.3 Å². The molecule has 0 rings (SSSR count). The molecule has 1 unspecified atom stereocenters. The number of hydrogen-bond acceptors (Lipinski definition) is 3. The Morgan fingerprint density at radius 1 is 1.25 bits per heavy atom. The summed E-state index contributed by atoms with van der Waals surface area (Å²) < 4.78 is 0. The van der Waals surface area contributed by atoms with Crippen molar-refractivity contribution >= 4 is 5.91 Å². The van der Waals surface area contributed by atoms with E-state index in [4.69, 9.17) is 0 Å². The SMILES string of the molecule is CCN(CC)C(=O)C(C)NCCCN(C)C. The molecule has 0 radical (unpaired) electrons. The van der Waals surface area contributed by atoms with Gasteiger partial charge in [-0.25, -0.2) is 0 Å². The van der Waals surface area contributed by atoms with E-state index >= 15 is 0 Å². The molecule has 0 saturated carbocycles. The Bertz CT molecular complexity index is 191. The van der Waals surface area contributed by atoms with Gasteiger partial charge in [-0.1, -0.05) is 0 Å². The molecule has 0 saturated heterocycles. The Morgan fingerprint density at radius 2 is 1.81 bits per heavy atom. The fourth-order valence-electron chi connectivity index (χ4n) is 1.61. The van der Waals surface area contributed by atoms with Gasteiger partial charge in [0.1, 0.15) is 0 Å². The van der Waals surface area contributed by atoms with E-state index < -0.39 is 0 Å². The van der Waals surface area contributed by atoms with Crippen LogP contribution in [0, 0.1) is 0 Å². The molecular formula is C12H27N3O. The van der Waals surface area contributed by atoms with E-state index in [9.17, 15) is 4.79 Å². The molecule has 1 atom stereocenters. The van der Waals surface area contributed by atoms with E-state index in [0.29, 0.717) is 0 Å². The minimum absolute atomic E-state index is 0.0675. The molecule has 1 N–H and O–H groups in total. The normalized spacial score (nSPS) is 12.9. The zero-order valence-corrected chi connectivity index (χ0v) is 11.4. The summed E-state index contributed by atoms with van der Waals surface area (Å²) in [6.07, 6.45) is 1.07. The van der Waals surface area contributed by atoms with Crippen LogP contribution < -0.4 is 5.32 Å². The lowest BCUT2D eigenvalue weighted by atomic mass is 10.2. The van der Waals surface area contributed by atoms with E-state index in [-0.39, 0.29) is 11.9 Å². The Morgan fingerprint density at radius 3 is 2.25 bits per heavy atom. The van der Waals surface area contributed by atoms with Gasteiger partial charge in [0.05, 0.1) is 6.04 Å². The van der Waals surface area contributed by atoms with Gasteiger partial charge in [0.15, 0.2) is 0 Å². The molecule has 4 nitrogen and oxygen atoms in total. The smallest absolute Gasteiger partial charge is 0.239 e. The summed E-state index contributed by atoms with van der Waals surface area (Å²) in [4.78, 5) is 15.9. The maximum Gasteiger partial charge on any atom is 0.239 e. The third-order valence-corrected chi connectivity index (χ3v) is 2.68. The predicted octanol–water partition coefficient (Wildman–Crippen LogP) is 0.785. The Labute approximate surface area is 100.0 Å². The molecule has 0 aliphatic heterocycles. The number of amides is 1. The van der Waals surface area contributed by atoms with Crippen molar-refractivity contribution < 1.29 is 4.79 Å². The number of nitrogens with one attached hydrogen (secondary N) is 1. The van der Waals surface area contributed by atoms with E-state index in [1.807, 2.05) is 25.7 Å². The van der Waals surface area contributed by atoms with Crippen LogP contribution in [0.2, 0.25) is 0 Å². The summed E-state index contributed by atoms with van der Waals surface area (Å²) in [5.41, 5.74) is 0. The molecule has 0 fully saturated rings. The number of nitrogens with zero attached hydrogens (tertiary/aromatic N) is 2. The van der Waals surface area contributed by atoms with Crippen molar-refractivity contribution in [3.8, 4) is 0 Å². The Kier molecular flexibility index (Phi) is 8.21. The van der Waals surface area contributed by atoms with Crippen LogP contribution in [-0.4, -0.2) is 62.0 Å². The van der Waals surface area contributed by atoms with Crippen molar-refractivity contribution in [1.82, 2.24) is 15.1 Å². The van der Waals surface area contributed by atoms with Gasteiger partial charge in [0.2, 0.25) is 5.91 Å². The van der Waals surface area contributed by atoms with E-state index in [1.165, 1.54) is 0 Å². The van der Waals surface area contributed by atoms with Gasteiger partial charge in [-0.05, 0) is 54.4 Å². The molecule has 0 spiro atoms. The van der Waals surface area contributed by atoms with Crippen molar-refractivity contribution in [2.24, 2.45) is 0 Å². The summed E-state index contributed by atoms with van der Waals surface area (Å²) in [6.45, 7) is 9.50. The number of carbonyl (C=O) groups is 1. The number of rotatable bonds is 8. The molecule has 0 aromatic rings. The molecule has 0 aromatic heterocycles. The van der Waals surface area contributed by atoms with Crippen LogP contribution in [0.3, 0.4) is 0 Å². The van der Waals surface area contributed by atoms with Gasteiger partial charge >= 0.3 is 0 Å². The van der Waals surface area contributed by atoms with E-state index in [0.717, 1.165) is 32.6 Å². The van der Waals surface area contributed by atoms with Crippen molar-refractivity contribution in [2.45, 2.75) is 33.2 Å². The van der Waals surface area contributed by atoms with Crippen molar-refractivity contribution in [3.05, 3.63) is 0 Å². The van der Waals surface area contributed by atoms with Crippen molar-refractivity contribution in [1.29, 1.82) is 0 Å². The highest BCUT2D eigenvalue weighted by Gasteiger charge is 2.16. The summed E-state index contributed by atoms with van der Waals surface area (Å²) in [5, 5.41) is 3.27.